The van der Waals surface area contributed by atoms with E-state index in [2.05, 4.69) is 4.90 Å². The zero-order valence-electron chi connectivity index (χ0n) is 9.98. The van der Waals surface area contributed by atoms with Crippen LogP contribution < -0.4 is 0 Å². The van der Waals surface area contributed by atoms with Crippen molar-refractivity contribution in [2.75, 3.05) is 26.2 Å². The van der Waals surface area contributed by atoms with Gasteiger partial charge < -0.3 is 14.9 Å². The van der Waals surface area contributed by atoms with Crippen LogP contribution in [0, 0.1) is 0 Å². The Morgan fingerprint density at radius 2 is 2.25 bits per heavy atom. The number of rotatable bonds is 5. The van der Waals surface area contributed by atoms with Crippen molar-refractivity contribution in [1.82, 2.24) is 4.90 Å². The number of carbonyl (C=O) groups is 1. The van der Waals surface area contributed by atoms with E-state index in [0.29, 0.717) is 13.0 Å². The largest absolute Gasteiger partial charge is 0.481 e. The minimum absolute atomic E-state index is 0.0128. The van der Waals surface area contributed by atoms with E-state index in [9.17, 15) is 4.79 Å². The van der Waals surface area contributed by atoms with Gasteiger partial charge in [-0.1, -0.05) is 0 Å². The number of aliphatic hydroxyl groups is 1. The van der Waals surface area contributed by atoms with Crippen LogP contribution in [0.15, 0.2) is 0 Å². The second kappa shape index (κ2) is 5.61. The van der Waals surface area contributed by atoms with Crippen molar-refractivity contribution in [2.24, 2.45) is 0 Å². The Hall–Kier alpha value is -0.650. The number of morpholine rings is 1. The molecule has 0 spiro atoms. The summed E-state index contributed by atoms with van der Waals surface area (Å²) in [7, 11) is 0. The molecular formula is C11H21NO4. The fraction of sp³-hybridized carbons (Fsp3) is 0.909. The molecule has 0 radical (unpaired) electrons. The number of hydrogen-bond acceptors (Lipinski definition) is 4. The highest BCUT2D eigenvalue weighted by Crippen LogP contribution is 2.20. The van der Waals surface area contributed by atoms with Gasteiger partial charge in [-0.05, 0) is 26.8 Å². The predicted octanol–water partition coefficient (Wildman–Crippen LogP) is 0.323. The summed E-state index contributed by atoms with van der Waals surface area (Å²) in [5.74, 6) is -0.758. The van der Waals surface area contributed by atoms with Crippen LogP contribution in [0.25, 0.3) is 0 Å². The quantitative estimate of drug-likeness (QED) is 0.713. The zero-order valence-corrected chi connectivity index (χ0v) is 9.98. The molecule has 1 fully saturated rings. The van der Waals surface area contributed by atoms with Crippen LogP contribution >= 0.6 is 0 Å². The van der Waals surface area contributed by atoms with E-state index in [-0.39, 0.29) is 24.7 Å². The molecule has 1 unspecified atom stereocenters. The van der Waals surface area contributed by atoms with Gasteiger partial charge in [0.1, 0.15) is 0 Å². The fourth-order valence-electron chi connectivity index (χ4n) is 2.14. The molecule has 1 saturated heterocycles. The van der Waals surface area contributed by atoms with Crippen LogP contribution in [0.1, 0.15) is 26.7 Å². The summed E-state index contributed by atoms with van der Waals surface area (Å²) >= 11 is 0. The Bertz CT molecular complexity index is 242. The molecule has 0 aromatic rings. The average Bonchev–Trinajstić information content (AvgIpc) is 2.14. The van der Waals surface area contributed by atoms with Gasteiger partial charge in [-0.3, -0.25) is 9.69 Å². The van der Waals surface area contributed by atoms with E-state index in [1.165, 1.54) is 0 Å². The maximum Gasteiger partial charge on any atom is 0.303 e. The molecule has 2 N–H and O–H groups in total. The van der Waals surface area contributed by atoms with Crippen molar-refractivity contribution in [3.8, 4) is 0 Å². The number of aliphatic hydroxyl groups excluding tert-OH is 1. The highest BCUT2D eigenvalue weighted by molar-refractivity contribution is 5.66. The third-order valence-electron chi connectivity index (χ3n) is 2.62. The molecule has 5 nitrogen and oxygen atoms in total. The van der Waals surface area contributed by atoms with Gasteiger partial charge in [-0.15, -0.1) is 0 Å². The molecule has 0 aromatic carbocycles. The molecule has 1 aliphatic rings. The Balaban J connectivity index is 2.38. The molecule has 1 rings (SSSR count). The number of aliphatic carboxylic acids is 1. The number of nitrogens with zero attached hydrogens (tertiary/aromatic N) is 1. The van der Waals surface area contributed by atoms with E-state index >= 15 is 0 Å². The van der Waals surface area contributed by atoms with Crippen LogP contribution in [0.2, 0.25) is 0 Å². The first-order valence-corrected chi connectivity index (χ1v) is 5.66. The van der Waals surface area contributed by atoms with Crippen molar-refractivity contribution in [3.63, 3.8) is 0 Å². The highest BCUT2D eigenvalue weighted by atomic mass is 16.5. The second-order valence-corrected chi connectivity index (χ2v) is 4.91. The van der Waals surface area contributed by atoms with Crippen LogP contribution in [0.4, 0.5) is 0 Å². The average molecular weight is 231 g/mol. The lowest BCUT2D eigenvalue weighted by molar-refractivity contribution is -0.149. The lowest BCUT2D eigenvalue weighted by Gasteiger charge is -2.42. The van der Waals surface area contributed by atoms with E-state index in [1.54, 1.807) is 0 Å². The summed E-state index contributed by atoms with van der Waals surface area (Å²) in [5.41, 5.74) is -0.269. The molecule has 0 aromatic heterocycles. The van der Waals surface area contributed by atoms with Crippen LogP contribution in [-0.2, 0) is 9.53 Å². The van der Waals surface area contributed by atoms with Crippen molar-refractivity contribution in [2.45, 2.75) is 38.4 Å². The van der Waals surface area contributed by atoms with Gasteiger partial charge in [0.2, 0.25) is 0 Å². The zero-order chi connectivity index (χ0) is 12.2. The van der Waals surface area contributed by atoms with Crippen molar-refractivity contribution in [3.05, 3.63) is 0 Å². The summed E-state index contributed by atoms with van der Waals surface area (Å²) in [6.07, 6.45) is 0.680. The molecule has 1 atom stereocenters. The number of hydrogen-bond donors (Lipinski definition) is 2. The molecule has 0 amide bonds. The van der Waals surface area contributed by atoms with Crippen LogP contribution in [-0.4, -0.2) is 59.0 Å². The molecule has 1 aliphatic heterocycles. The lowest BCUT2D eigenvalue weighted by atomic mass is 10.0. The summed E-state index contributed by atoms with van der Waals surface area (Å²) < 4.78 is 5.67. The first kappa shape index (κ1) is 13.4. The Kier molecular flexibility index (Phi) is 4.70. The van der Waals surface area contributed by atoms with Gasteiger partial charge in [0.15, 0.2) is 0 Å². The standard InChI is InChI=1S/C11H21NO4/c1-11(2)8-12(5-3-4-10(14)15)6-9(7-13)16-11/h9,13H,3-8H2,1-2H3,(H,14,15). The third kappa shape index (κ3) is 4.47. The molecular weight excluding hydrogens is 210 g/mol. The fourth-order valence-corrected chi connectivity index (χ4v) is 2.14. The van der Waals surface area contributed by atoms with Crippen LogP contribution in [0.5, 0.6) is 0 Å². The van der Waals surface area contributed by atoms with E-state index < -0.39 is 5.97 Å². The molecule has 94 valence electrons. The van der Waals surface area contributed by atoms with Crippen molar-refractivity contribution >= 4 is 5.97 Å². The number of carboxylic acids is 1. The van der Waals surface area contributed by atoms with Gasteiger partial charge in [0.25, 0.3) is 0 Å². The van der Waals surface area contributed by atoms with Gasteiger partial charge in [0, 0.05) is 19.5 Å². The normalized spacial score (nSPS) is 25.6. The number of ether oxygens (including phenoxy) is 1. The molecule has 0 bridgehead atoms. The van der Waals surface area contributed by atoms with Gasteiger partial charge >= 0.3 is 5.97 Å². The Labute approximate surface area is 96.0 Å². The Morgan fingerprint density at radius 1 is 1.56 bits per heavy atom. The topological polar surface area (TPSA) is 70.0 Å². The summed E-state index contributed by atoms with van der Waals surface area (Å²) in [6.45, 7) is 6.19. The second-order valence-electron chi connectivity index (χ2n) is 4.91. The third-order valence-corrected chi connectivity index (χ3v) is 2.62. The van der Waals surface area contributed by atoms with Gasteiger partial charge in [-0.25, -0.2) is 0 Å². The highest BCUT2D eigenvalue weighted by Gasteiger charge is 2.32. The number of carboxylic acid groups (broad SMARTS) is 1. The van der Waals surface area contributed by atoms with Crippen molar-refractivity contribution < 1.29 is 19.7 Å². The lowest BCUT2D eigenvalue weighted by Crippen LogP contribution is -2.53. The summed E-state index contributed by atoms with van der Waals surface area (Å²) in [4.78, 5) is 12.6. The SMILES string of the molecule is CC1(C)CN(CCCC(=O)O)CC(CO)O1. The van der Waals surface area contributed by atoms with Crippen molar-refractivity contribution in [1.29, 1.82) is 0 Å². The molecule has 0 aliphatic carbocycles. The molecule has 0 saturated carbocycles. The summed E-state index contributed by atoms with van der Waals surface area (Å²) in [6, 6.07) is 0. The first-order chi connectivity index (χ1) is 7.43. The van der Waals surface area contributed by atoms with Crippen LogP contribution in [0.3, 0.4) is 0 Å². The molecule has 5 heteroatoms. The monoisotopic (exact) mass is 231 g/mol. The molecule has 1 heterocycles. The van der Waals surface area contributed by atoms with E-state index in [1.807, 2.05) is 13.8 Å². The maximum absolute atomic E-state index is 10.4. The first-order valence-electron chi connectivity index (χ1n) is 5.66. The Morgan fingerprint density at radius 3 is 2.81 bits per heavy atom. The van der Waals surface area contributed by atoms with Gasteiger partial charge in [0.05, 0.1) is 18.3 Å². The van der Waals surface area contributed by atoms with E-state index in [0.717, 1.165) is 13.1 Å². The minimum Gasteiger partial charge on any atom is -0.481 e. The van der Waals surface area contributed by atoms with E-state index in [4.69, 9.17) is 14.9 Å². The minimum atomic E-state index is -0.758. The smallest absolute Gasteiger partial charge is 0.303 e. The predicted molar refractivity (Wildman–Crippen MR) is 59.3 cm³/mol. The van der Waals surface area contributed by atoms with Gasteiger partial charge in [-0.2, -0.15) is 0 Å². The summed E-state index contributed by atoms with van der Waals surface area (Å²) in [5, 5.41) is 17.7. The maximum atomic E-state index is 10.4. The molecule has 16 heavy (non-hydrogen) atoms.